The minimum Gasteiger partial charge on any atom is -0.461 e. The molecule has 2 heterocycles. The second-order valence-electron chi connectivity index (χ2n) is 4.08. The summed E-state index contributed by atoms with van der Waals surface area (Å²) in [5.41, 5.74) is 1.40. The Morgan fingerprint density at radius 3 is 2.55 bits per heavy atom. The van der Waals surface area contributed by atoms with Crippen LogP contribution in [0.5, 0.6) is 0 Å². The summed E-state index contributed by atoms with van der Waals surface area (Å²) in [7, 11) is 0. The molecular weight excluding hydrogens is 278 g/mol. The zero-order valence-electron chi connectivity index (χ0n) is 11.9. The summed E-state index contributed by atoms with van der Waals surface area (Å²) in [4.78, 5) is 15.7. The van der Waals surface area contributed by atoms with E-state index in [1.165, 1.54) is 11.3 Å². The van der Waals surface area contributed by atoms with E-state index in [9.17, 15) is 4.79 Å². The first-order valence-corrected chi connectivity index (χ1v) is 7.59. The Bertz CT molecular complexity index is 569. The van der Waals surface area contributed by atoms with Gasteiger partial charge in [-0.2, -0.15) is 0 Å². The summed E-state index contributed by atoms with van der Waals surface area (Å²) in [6.07, 6.45) is -0.399. The van der Waals surface area contributed by atoms with Crippen molar-refractivity contribution in [1.82, 2.24) is 4.98 Å². The highest BCUT2D eigenvalue weighted by Crippen LogP contribution is 2.33. The zero-order chi connectivity index (χ0) is 14.5. The van der Waals surface area contributed by atoms with Crippen LogP contribution in [-0.2, 0) is 14.2 Å². The number of thiophene rings is 1. The van der Waals surface area contributed by atoms with Crippen LogP contribution in [-0.4, -0.2) is 30.8 Å². The molecule has 0 unspecified atom stereocenters. The van der Waals surface area contributed by atoms with E-state index in [2.05, 4.69) is 4.98 Å². The summed E-state index contributed by atoms with van der Waals surface area (Å²) >= 11 is 1.53. The topological polar surface area (TPSA) is 60.6 Å². The van der Waals surface area contributed by atoms with Crippen LogP contribution in [0, 0.1) is 0 Å². The monoisotopic (exact) mass is 297 g/mol. The molecule has 20 heavy (non-hydrogen) atoms. The number of aromatic amines is 1. The molecule has 2 aromatic rings. The zero-order valence-corrected chi connectivity index (χ0v) is 12.7. The molecule has 0 spiro atoms. The minimum absolute atomic E-state index is 0.341. The number of ether oxygens (including phenoxy) is 3. The largest absolute Gasteiger partial charge is 0.461 e. The van der Waals surface area contributed by atoms with Gasteiger partial charge in [-0.3, -0.25) is 0 Å². The SMILES string of the molecule is CCOC(=O)c1cc2c(C(OCC)OCC)csc2[nH]1. The highest BCUT2D eigenvalue weighted by atomic mass is 32.1. The highest BCUT2D eigenvalue weighted by Gasteiger charge is 2.20. The third-order valence-corrected chi connectivity index (χ3v) is 3.71. The number of aromatic nitrogens is 1. The van der Waals surface area contributed by atoms with Gasteiger partial charge in [-0.05, 0) is 26.8 Å². The van der Waals surface area contributed by atoms with Gasteiger partial charge in [-0.15, -0.1) is 11.3 Å². The fraction of sp³-hybridized carbons (Fsp3) is 0.500. The lowest BCUT2D eigenvalue weighted by atomic mass is 10.2. The van der Waals surface area contributed by atoms with Crippen LogP contribution >= 0.6 is 11.3 Å². The van der Waals surface area contributed by atoms with Gasteiger partial charge >= 0.3 is 5.97 Å². The predicted molar refractivity (Wildman–Crippen MR) is 78.1 cm³/mol. The lowest BCUT2D eigenvalue weighted by molar-refractivity contribution is -0.139. The smallest absolute Gasteiger partial charge is 0.354 e. The molecule has 0 aromatic carbocycles. The molecule has 0 saturated heterocycles. The maximum absolute atomic E-state index is 11.7. The molecular formula is C14H19NO4S. The third kappa shape index (κ3) is 3.03. The summed E-state index contributed by atoms with van der Waals surface area (Å²) in [6.45, 7) is 7.13. The van der Waals surface area contributed by atoms with Gasteiger partial charge in [0.2, 0.25) is 0 Å². The first kappa shape index (κ1) is 15.0. The quantitative estimate of drug-likeness (QED) is 0.628. The Kier molecular flexibility index (Phi) is 5.17. The molecule has 0 radical (unpaired) electrons. The standard InChI is InChI=1S/C14H19NO4S/c1-4-17-13(16)11-7-9-10(8-20-12(9)15-11)14(18-5-2)19-6-3/h7-8,14-15H,4-6H2,1-3H3. The number of carbonyl (C=O) groups is 1. The average Bonchev–Trinajstić information content (AvgIpc) is 2.98. The molecule has 0 aliphatic rings. The van der Waals surface area contributed by atoms with Crippen molar-refractivity contribution in [1.29, 1.82) is 0 Å². The van der Waals surface area contributed by atoms with Gasteiger partial charge < -0.3 is 19.2 Å². The van der Waals surface area contributed by atoms with Crippen molar-refractivity contribution in [3.63, 3.8) is 0 Å². The Hall–Kier alpha value is -1.37. The van der Waals surface area contributed by atoms with Crippen molar-refractivity contribution in [2.24, 2.45) is 0 Å². The fourth-order valence-electron chi connectivity index (χ4n) is 1.96. The average molecular weight is 297 g/mol. The molecule has 6 heteroatoms. The van der Waals surface area contributed by atoms with Crippen molar-refractivity contribution < 1.29 is 19.0 Å². The first-order chi connectivity index (χ1) is 9.71. The molecule has 0 fully saturated rings. The van der Waals surface area contributed by atoms with Gasteiger partial charge in [-0.1, -0.05) is 0 Å². The van der Waals surface area contributed by atoms with Gasteiger partial charge in [0.1, 0.15) is 10.5 Å². The number of rotatable bonds is 7. The van der Waals surface area contributed by atoms with E-state index in [1.54, 1.807) is 13.0 Å². The lowest BCUT2D eigenvalue weighted by Crippen LogP contribution is -2.08. The molecule has 0 aliphatic carbocycles. The maximum Gasteiger partial charge on any atom is 0.354 e. The van der Waals surface area contributed by atoms with E-state index in [1.807, 2.05) is 19.2 Å². The second kappa shape index (κ2) is 6.88. The van der Waals surface area contributed by atoms with Gasteiger partial charge in [-0.25, -0.2) is 4.79 Å². The molecule has 0 aliphatic heterocycles. The van der Waals surface area contributed by atoms with Crippen LogP contribution in [0.4, 0.5) is 0 Å². The number of nitrogens with one attached hydrogen (secondary N) is 1. The highest BCUT2D eigenvalue weighted by molar-refractivity contribution is 7.17. The fourth-order valence-corrected chi connectivity index (χ4v) is 2.92. The van der Waals surface area contributed by atoms with Crippen LogP contribution in [0.25, 0.3) is 10.2 Å². The summed E-state index contributed by atoms with van der Waals surface area (Å²) in [5.74, 6) is -0.341. The van der Waals surface area contributed by atoms with Crippen LogP contribution in [0.3, 0.4) is 0 Å². The van der Waals surface area contributed by atoms with E-state index in [0.717, 1.165) is 15.8 Å². The molecule has 0 atom stereocenters. The predicted octanol–water partition coefficient (Wildman–Crippen LogP) is 3.48. The summed E-state index contributed by atoms with van der Waals surface area (Å²) in [6, 6.07) is 1.80. The van der Waals surface area contributed by atoms with Crippen molar-refractivity contribution in [3.05, 3.63) is 22.7 Å². The van der Waals surface area contributed by atoms with E-state index < -0.39 is 6.29 Å². The number of esters is 1. The van der Waals surface area contributed by atoms with Crippen LogP contribution < -0.4 is 0 Å². The molecule has 0 bridgehead atoms. The molecule has 5 nitrogen and oxygen atoms in total. The molecule has 110 valence electrons. The summed E-state index contributed by atoms with van der Waals surface area (Å²) in [5, 5.41) is 2.94. The van der Waals surface area contributed by atoms with E-state index in [-0.39, 0.29) is 5.97 Å². The van der Waals surface area contributed by atoms with Gasteiger partial charge in [0, 0.05) is 29.5 Å². The first-order valence-electron chi connectivity index (χ1n) is 6.71. The van der Waals surface area contributed by atoms with Crippen LogP contribution in [0.15, 0.2) is 11.4 Å². The lowest BCUT2D eigenvalue weighted by Gasteiger charge is -2.15. The molecule has 2 rings (SSSR count). The number of fused-ring (bicyclic) bond motifs is 1. The Morgan fingerprint density at radius 2 is 1.95 bits per heavy atom. The van der Waals surface area contributed by atoms with E-state index >= 15 is 0 Å². The number of H-pyrrole nitrogens is 1. The third-order valence-electron chi connectivity index (χ3n) is 2.78. The van der Waals surface area contributed by atoms with Crippen LogP contribution in [0.2, 0.25) is 0 Å². The summed E-state index contributed by atoms with van der Waals surface area (Å²) < 4.78 is 16.2. The maximum atomic E-state index is 11.7. The van der Waals surface area contributed by atoms with Crippen molar-refractivity contribution >= 4 is 27.5 Å². The minimum atomic E-state index is -0.399. The van der Waals surface area contributed by atoms with Crippen LogP contribution in [0.1, 0.15) is 43.1 Å². The van der Waals surface area contributed by atoms with Crippen molar-refractivity contribution in [2.45, 2.75) is 27.1 Å². The Morgan fingerprint density at radius 1 is 1.25 bits per heavy atom. The van der Waals surface area contributed by atoms with Gasteiger partial charge in [0.05, 0.1) is 6.61 Å². The molecule has 2 aromatic heterocycles. The Labute approximate surface area is 121 Å². The number of hydrogen-bond acceptors (Lipinski definition) is 5. The van der Waals surface area contributed by atoms with E-state index in [4.69, 9.17) is 14.2 Å². The Balaban J connectivity index is 2.32. The number of carbonyl (C=O) groups excluding carboxylic acids is 1. The molecule has 1 N–H and O–H groups in total. The number of hydrogen-bond donors (Lipinski definition) is 1. The normalized spacial score (nSPS) is 11.4. The van der Waals surface area contributed by atoms with E-state index in [0.29, 0.717) is 25.5 Å². The van der Waals surface area contributed by atoms with Gasteiger partial charge in [0.15, 0.2) is 6.29 Å². The molecule has 0 amide bonds. The van der Waals surface area contributed by atoms with Crippen molar-refractivity contribution in [2.75, 3.05) is 19.8 Å². The second-order valence-corrected chi connectivity index (χ2v) is 4.96. The molecule has 0 saturated carbocycles. The van der Waals surface area contributed by atoms with Crippen molar-refractivity contribution in [3.8, 4) is 0 Å². The van der Waals surface area contributed by atoms with Gasteiger partial charge in [0.25, 0.3) is 0 Å².